The van der Waals surface area contributed by atoms with E-state index in [1.54, 1.807) is 14.2 Å². The summed E-state index contributed by atoms with van der Waals surface area (Å²) in [4.78, 5) is 3.85. The first kappa shape index (κ1) is 13.0. The van der Waals surface area contributed by atoms with Crippen LogP contribution < -0.4 is 11.1 Å². The molecule has 0 spiro atoms. The van der Waals surface area contributed by atoms with Crippen LogP contribution >= 0.6 is 24.0 Å². The molecular formula is C8H18IN3O. The van der Waals surface area contributed by atoms with Gasteiger partial charge in [-0.25, -0.2) is 0 Å². The fraction of sp³-hybridized carbons (Fsp3) is 0.875. The maximum Gasteiger partial charge on any atom is 0.188 e. The third kappa shape index (κ3) is 3.68. The summed E-state index contributed by atoms with van der Waals surface area (Å²) in [5.41, 5.74) is 5.54. The molecule has 1 fully saturated rings. The molecule has 0 bridgehead atoms. The number of aliphatic imine (C=N–C) groups is 1. The first-order valence-electron chi connectivity index (χ1n) is 4.25. The lowest BCUT2D eigenvalue weighted by molar-refractivity contribution is 0.0872. The molecular weight excluding hydrogens is 281 g/mol. The van der Waals surface area contributed by atoms with Crippen molar-refractivity contribution in [3.05, 3.63) is 0 Å². The molecule has 0 aromatic carbocycles. The summed E-state index contributed by atoms with van der Waals surface area (Å²) in [6.45, 7) is 0.814. The van der Waals surface area contributed by atoms with Gasteiger partial charge in [-0.15, -0.1) is 24.0 Å². The first-order chi connectivity index (χ1) is 5.77. The van der Waals surface area contributed by atoms with E-state index in [0.29, 0.717) is 17.9 Å². The van der Waals surface area contributed by atoms with Crippen molar-refractivity contribution >= 4 is 29.9 Å². The van der Waals surface area contributed by atoms with Crippen LogP contribution in [0.25, 0.3) is 0 Å². The third-order valence-electron chi connectivity index (χ3n) is 2.37. The van der Waals surface area contributed by atoms with Gasteiger partial charge in [-0.05, 0) is 12.8 Å². The monoisotopic (exact) mass is 299 g/mol. The highest BCUT2D eigenvalue weighted by Gasteiger charge is 2.30. The lowest BCUT2D eigenvalue weighted by atomic mass is 9.80. The van der Waals surface area contributed by atoms with E-state index in [1.807, 2.05) is 0 Å². The summed E-state index contributed by atoms with van der Waals surface area (Å²) in [7, 11) is 3.42. The van der Waals surface area contributed by atoms with Crippen molar-refractivity contribution in [2.45, 2.75) is 18.9 Å². The number of nitrogens with one attached hydrogen (secondary N) is 1. The Balaban J connectivity index is 0.00000144. The number of hydrogen-bond acceptors (Lipinski definition) is 2. The van der Waals surface area contributed by atoms with Crippen LogP contribution in [0.1, 0.15) is 12.8 Å². The number of guanidine groups is 1. The molecule has 13 heavy (non-hydrogen) atoms. The Kier molecular flexibility index (Phi) is 6.40. The fourth-order valence-electron chi connectivity index (χ4n) is 1.43. The third-order valence-corrected chi connectivity index (χ3v) is 2.37. The number of halogens is 1. The predicted molar refractivity (Wildman–Crippen MR) is 64.5 cm³/mol. The fourth-order valence-corrected chi connectivity index (χ4v) is 1.43. The molecule has 1 aliphatic rings. The first-order valence-corrected chi connectivity index (χ1v) is 4.25. The Morgan fingerprint density at radius 1 is 1.62 bits per heavy atom. The Labute approximate surface area is 96.3 Å². The van der Waals surface area contributed by atoms with Crippen LogP contribution in [0.5, 0.6) is 0 Å². The molecule has 1 rings (SSSR count). The molecule has 0 heterocycles. The Bertz CT molecular complexity index is 175. The quantitative estimate of drug-likeness (QED) is 0.455. The van der Waals surface area contributed by atoms with Gasteiger partial charge in [-0.3, -0.25) is 4.99 Å². The van der Waals surface area contributed by atoms with Gasteiger partial charge in [0.1, 0.15) is 0 Å². The summed E-state index contributed by atoms with van der Waals surface area (Å²) in [6.07, 6.45) is 2.40. The minimum absolute atomic E-state index is 0. The summed E-state index contributed by atoms with van der Waals surface area (Å²) in [5, 5.41) is 3.15. The second kappa shape index (κ2) is 6.42. The maximum absolute atomic E-state index is 5.54. The minimum atomic E-state index is 0. The van der Waals surface area contributed by atoms with Crippen LogP contribution in [0.2, 0.25) is 0 Å². The van der Waals surface area contributed by atoms with E-state index in [0.717, 1.165) is 6.61 Å². The van der Waals surface area contributed by atoms with Crippen molar-refractivity contribution in [1.29, 1.82) is 0 Å². The molecule has 0 unspecified atom stereocenters. The molecule has 5 heteroatoms. The maximum atomic E-state index is 5.54. The van der Waals surface area contributed by atoms with Crippen LogP contribution in [-0.2, 0) is 4.74 Å². The normalized spacial score (nSPS) is 27.4. The molecule has 0 saturated heterocycles. The van der Waals surface area contributed by atoms with Gasteiger partial charge in [0.2, 0.25) is 0 Å². The van der Waals surface area contributed by atoms with E-state index >= 15 is 0 Å². The molecule has 1 aliphatic carbocycles. The van der Waals surface area contributed by atoms with Crippen LogP contribution in [-0.4, -0.2) is 32.8 Å². The molecule has 0 aromatic rings. The number of methoxy groups -OCH3 is 1. The van der Waals surface area contributed by atoms with Gasteiger partial charge in [0, 0.05) is 26.1 Å². The van der Waals surface area contributed by atoms with E-state index < -0.39 is 0 Å². The highest BCUT2D eigenvalue weighted by molar-refractivity contribution is 14.0. The summed E-state index contributed by atoms with van der Waals surface area (Å²) < 4.78 is 5.07. The zero-order chi connectivity index (χ0) is 8.97. The van der Waals surface area contributed by atoms with Crippen molar-refractivity contribution in [2.75, 3.05) is 20.8 Å². The van der Waals surface area contributed by atoms with Gasteiger partial charge in [-0.2, -0.15) is 0 Å². The van der Waals surface area contributed by atoms with Crippen molar-refractivity contribution in [1.82, 2.24) is 5.32 Å². The Morgan fingerprint density at radius 3 is 2.69 bits per heavy atom. The Hall–Kier alpha value is -0.0400. The molecule has 0 radical (unpaired) electrons. The second-order valence-corrected chi connectivity index (χ2v) is 3.15. The zero-order valence-corrected chi connectivity index (χ0v) is 10.4. The average Bonchev–Trinajstić information content (AvgIpc) is 2.08. The van der Waals surface area contributed by atoms with Crippen LogP contribution in [0.3, 0.4) is 0 Å². The van der Waals surface area contributed by atoms with Crippen LogP contribution in [0.4, 0.5) is 0 Å². The smallest absolute Gasteiger partial charge is 0.188 e. The summed E-state index contributed by atoms with van der Waals surface area (Å²) in [6, 6.07) is 0.466. The highest BCUT2D eigenvalue weighted by Crippen LogP contribution is 2.27. The topological polar surface area (TPSA) is 59.6 Å². The number of hydrogen-bond donors (Lipinski definition) is 2. The molecule has 2 atom stereocenters. The highest BCUT2D eigenvalue weighted by atomic mass is 127. The lowest BCUT2D eigenvalue weighted by Crippen LogP contribution is -2.50. The van der Waals surface area contributed by atoms with E-state index in [4.69, 9.17) is 10.5 Å². The van der Waals surface area contributed by atoms with Crippen LogP contribution in [0, 0.1) is 5.92 Å². The van der Waals surface area contributed by atoms with Gasteiger partial charge < -0.3 is 15.8 Å². The molecule has 78 valence electrons. The lowest BCUT2D eigenvalue weighted by Gasteiger charge is -2.36. The van der Waals surface area contributed by atoms with Gasteiger partial charge in [-0.1, -0.05) is 0 Å². The standard InChI is InChI=1S/C8H17N3O.HI/c1-10-8(9)11-7-4-3-6(7)5-12-2;/h6-7H,3-5H2,1-2H3,(H3,9,10,11);1H/t6-,7-;/m1./s1. The number of rotatable bonds is 3. The van der Waals surface area contributed by atoms with Gasteiger partial charge >= 0.3 is 0 Å². The van der Waals surface area contributed by atoms with Crippen molar-refractivity contribution < 1.29 is 4.74 Å². The van der Waals surface area contributed by atoms with E-state index in [1.165, 1.54) is 12.8 Å². The molecule has 4 nitrogen and oxygen atoms in total. The van der Waals surface area contributed by atoms with E-state index in [9.17, 15) is 0 Å². The van der Waals surface area contributed by atoms with Crippen molar-refractivity contribution in [2.24, 2.45) is 16.6 Å². The number of ether oxygens (including phenoxy) is 1. The van der Waals surface area contributed by atoms with Gasteiger partial charge in [0.05, 0.1) is 6.61 Å². The minimum Gasteiger partial charge on any atom is -0.384 e. The summed E-state index contributed by atoms with van der Waals surface area (Å²) in [5.74, 6) is 1.14. The molecule has 0 aliphatic heterocycles. The van der Waals surface area contributed by atoms with Crippen LogP contribution in [0.15, 0.2) is 4.99 Å². The molecule has 1 saturated carbocycles. The predicted octanol–water partition coefficient (Wildman–Crippen LogP) is 0.563. The van der Waals surface area contributed by atoms with Crippen molar-refractivity contribution in [3.8, 4) is 0 Å². The molecule has 3 N–H and O–H groups in total. The number of nitrogens with two attached hydrogens (primary N) is 1. The van der Waals surface area contributed by atoms with Crippen molar-refractivity contribution in [3.63, 3.8) is 0 Å². The Morgan fingerprint density at radius 2 is 2.31 bits per heavy atom. The largest absolute Gasteiger partial charge is 0.384 e. The van der Waals surface area contributed by atoms with Gasteiger partial charge in [0.15, 0.2) is 5.96 Å². The number of nitrogens with zero attached hydrogens (tertiary/aromatic N) is 1. The van der Waals surface area contributed by atoms with Gasteiger partial charge in [0.25, 0.3) is 0 Å². The SMILES string of the molecule is CN=C(N)N[C@@H]1CC[C@@H]1COC.I. The molecule has 0 aromatic heterocycles. The molecule has 0 amide bonds. The summed E-state index contributed by atoms with van der Waals surface area (Å²) >= 11 is 0. The zero-order valence-electron chi connectivity index (χ0n) is 8.12. The van der Waals surface area contributed by atoms with E-state index in [-0.39, 0.29) is 24.0 Å². The second-order valence-electron chi connectivity index (χ2n) is 3.15. The average molecular weight is 299 g/mol. The van der Waals surface area contributed by atoms with E-state index in [2.05, 4.69) is 10.3 Å².